The molecule has 1 aromatic carbocycles. The van der Waals surface area contributed by atoms with E-state index in [9.17, 15) is 0 Å². The van der Waals surface area contributed by atoms with Gasteiger partial charge in [-0.25, -0.2) is 0 Å². The Balaban J connectivity index is 0.000001000. The van der Waals surface area contributed by atoms with E-state index in [2.05, 4.69) is 12.8 Å². The van der Waals surface area contributed by atoms with Crippen molar-refractivity contribution in [2.24, 2.45) is 0 Å². The zero-order chi connectivity index (χ0) is 7.40. The molecule has 0 aliphatic heterocycles. The molecule has 0 radical (unpaired) electrons. The summed E-state index contributed by atoms with van der Waals surface area (Å²) in [5.74, 6) is 2.33. The van der Waals surface area contributed by atoms with Crippen LogP contribution in [0.2, 0.25) is 0 Å². The Morgan fingerprint density at radius 1 is 1.27 bits per heavy atom. The Morgan fingerprint density at radius 2 is 1.82 bits per heavy atom. The molecule has 0 aromatic heterocycles. The fraction of sp³-hybridized carbons (Fsp3) is 0.200. The van der Waals surface area contributed by atoms with Gasteiger partial charge in [0, 0.05) is 0 Å². The molecule has 0 aliphatic rings. The first-order valence-corrected chi connectivity index (χ1v) is 3.38. The van der Waals surface area contributed by atoms with Crippen LogP contribution in [0.3, 0.4) is 0 Å². The van der Waals surface area contributed by atoms with Crippen molar-refractivity contribution >= 4 is 0 Å². The van der Waals surface area contributed by atoms with E-state index >= 15 is 0 Å². The Bertz CT molecular complexity index is 241. The van der Waals surface area contributed by atoms with E-state index in [-0.39, 0.29) is 18.9 Å². The van der Waals surface area contributed by atoms with Crippen LogP contribution >= 0.6 is 0 Å². The van der Waals surface area contributed by atoms with Gasteiger partial charge in [-0.3, -0.25) is 5.92 Å². The molecule has 1 heteroatoms. The number of aryl methyl sites for hydroxylation is 1. The second-order valence-corrected chi connectivity index (χ2v) is 2.18. The molecule has 0 saturated heterocycles. The van der Waals surface area contributed by atoms with E-state index in [1.54, 1.807) is 0 Å². The van der Waals surface area contributed by atoms with Crippen molar-refractivity contribution in [2.75, 3.05) is 0 Å². The molecule has 11 heavy (non-hydrogen) atoms. The molecule has 0 aliphatic carbocycles. The van der Waals surface area contributed by atoms with E-state index in [1.807, 2.05) is 24.3 Å². The maximum atomic E-state index is 6.82. The van der Waals surface area contributed by atoms with Gasteiger partial charge >= 0.3 is 18.9 Å². The SMILES string of the molecule is [C-]#Cc1ccc(CC)cc1.[Li+]. The molecule has 0 spiro atoms. The molecule has 0 heterocycles. The number of hydrogen-bond acceptors (Lipinski definition) is 0. The summed E-state index contributed by atoms with van der Waals surface area (Å²) in [6.07, 6.45) is 7.88. The van der Waals surface area contributed by atoms with E-state index in [4.69, 9.17) is 6.42 Å². The van der Waals surface area contributed by atoms with Crippen molar-refractivity contribution in [1.29, 1.82) is 0 Å². The van der Waals surface area contributed by atoms with E-state index < -0.39 is 0 Å². The van der Waals surface area contributed by atoms with Crippen molar-refractivity contribution in [1.82, 2.24) is 0 Å². The summed E-state index contributed by atoms with van der Waals surface area (Å²) in [7, 11) is 0. The van der Waals surface area contributed by atoms with Crippen LogP contribution in [0.15, 0.2) is 24.3 Å². The number of rotatable bonds is 1. The third-order valence-electron chi connectivity index (χ3n) is 1.51. The van der Waals surface area contributed by atoms with Crippen molar-refractivity contribution in [3.63, 3.8) is 0 Å². The minimum absolute atomic E-state index is 0. The van der Waals surface area contributed by atoms with Crippen LogP contribution in [0.1, 0.15) is 18.1 Å². The van der Waals surface area contributed by atoms with Crippen LogP contribution in [-0.2, 0) is 6.42 Å². The first-order chi connectivity index (χ1) is 4.86. The second-order valence-electron chi connectivity index (χ2n) is 2.18. The quantitative estimate of drug-likeness (QED) is 0.269. The van der Waals surface area contributed by atoms with Crippen LogP contribution in [0.4, 0.5) is 0 Å². The van der Waals surface area contributed by atoms with Crippen molar-refractivity contribution in [3.05, 3.63) is 41.8 Å². The molecule has 0 nitrogen and oxygen atoms in total. The zero-order valence-corrected chi connectivity index (χ0v) is 7.02. The van der Waals surface area contributed by atoms with Gasteiger partial charge in [0.05, 0.1) is 0 Å². The molecule has 0 saturated carbocycles. The second kappa shape index (κ2) is 5.08. The monoisotopic (exact) mass is 136 g/mol. The fourth-order valence-corrected chi connectivity index (χ4v) is 0.824. The van der Waals surface area contributed by atoms with Crippen molar-refractivity contribution in [2.45, 2.75) is 13.3 Å². The number of benzene rings is 1. The predicted octanol–water partition coefficient (Wildman–Crippen LogP) is -0.809. The predicted molar refractivity (Wildman–Crippen MR) is 42.1 cm³/mol. The standard InChI is InChI=1S/C10H9.Li/c1-3-9-5-7-10(4-2)8-6-9;/h5-8H,3H2,1H3;/q-1;+1. The molecule has 0 atom stereocenters. The van der Waals surface area contributed by atoms with Crippen molar-refractivity contribution < 1.29 is 18.9 Å². The van der Waals surface area contributed by atoms with Gasteiger partial charge in [0.1, 0.15) is 0 Å². The summed E-state index contributed by atoms with van der Waals surface area (Å²) in [6.45, 7) is 2.11. The van der Waals surface area contributed by atoms with Crippen LogP contribution in [0.5, 0.6) is 0 Å². The average molecular weight is 136 g/mol. The molecule has 0 fully saturated rings. The Hall–Kier alpha value is -0.623. The van der Waals surface area contributed by atoms with Crippen LogP contribution < -0.4 is 18.9 Å². The van der Waals surface area contributed by atoms with Crippen molar-refractivity contribution in [3.8, 4) is 5.92 Å². The van der Waals surface area contributed by atoms with Gasteiger partial charge < -0.3 is 6.42 Å². The first kappa shape index (κ1) is 10.4. The van der Waals surface area contributed by atoms with E-state index in [1.165, 1.54) is 5.56 Å². The zero-order valence-electron chi connectivity index (χ0n) is 7.02. The third-order valence-corrected chi connectivity index (χ3v) is 1.51. The molecular formula is C10H9Li. The first-order valence-electron chi connectivity index (χ1n) is 3.38. The minimum Gasteiger partial charge on any atom is -0.366 e. The summed E-state index contributed by atoms with van der Waals surface area (Å²) in [6, 6.07) is 7.87. The Morgan fingerprint density at radius 3 is 2.18 bits per heavy atom. The van der Waals surface area contributed by atoms with Gasteiger partial charge in [-0.15, -0.1) is 17.7 Å². The van der Waals surface area contributed by atoms with E-state index in [0.717, 1.165) is 12.0 Å². The molecule has 0 N–H and O–H groups in total. The van der Waals surface area contributed by atoms with Gasteiger partial charge in [0.25, 0.3) is 0 Å². The topological polar surface area (TPSA) is 0 Å². The van der Waals surface area contributed by atoms with Crippen LogP contribution in [-0.4, -0.2) is 0 Å². The van der Waals surface area contributed by atoms with Gasteiger partial charge in [0.15, 0.2) is 0 Å². The largest absolute Gasteiger partial charge is 1.00 e. The molecule has 1 rings (SSSR count). The molecular weight excluding hydrogens is 127 g/mol. The minimum atomic E-state index is 0. The maximum absolute atomic E-state index is 6.82. The maximum Gasteiger partial charge on any atom is 1.00 e. The fourth-order valence-electron chi connectivity index (χ4n) is 0.824. The number of hydrogen-bond donors (Lipinski definition) is 0. The third kappa shape index (κ3) is 2.85. The Labute approximate surface area is 80.2 Å². The normalized spacial score (nSPS) is 8.00. The molecule has 0 unspecified atom stereocenters. The van der Waals surface area contributed by atoms with Gasteiger partial charge in [-0.1, -0.05) is 24.6 Å². The van der Waals surface area contributed by atoms with Gasteiger partial charge in [0.2, 0.25) is 0 Å². The average Bonchev–Trinajstić information content (AvgIpc) is 2.05. The van der Waals surface area contributed by atoms with Gasteiger partial charge in [-0.2, -0.15) is 0 Å². The van der Waals surface area contributed by atoms with Crippen LogP contribution in [0.25, 0.3) is 0 Å². The molecule has 0 bridgehead atoms. The Kier molecular flexibility index (Phi) is 4.80. The summed E-state index contributed by atoms with van der Waals surface area (Å²) < 4.78 is 0. The molecule has 0 amide bonds. The summed E-state index contributed by atoms with van der Waals surface area (Å²) in [4.78, 5) is 0. The summed E-state index contributed by atoms with van der Waals surface area (Å²) in [5.41, 5.74) is 2.15. The van der Waals surface area contributed by atoms with Gasteiger partial charge in [-0.05, 0) is 6.42 Å². The molecule has 50 valence electrons. The molecule has 1 aromatic rings. The summed E-state index contributed by atoms with van der Waals surface area (Å²) in [5, 5.41) is 0. The summed E-state index contributed by atoms with van der Waals surface area (Å²) >= 11 is 0. The van der Waals surface area contributed by atoms with E-state index in [0.29, 0.717) is 0 Å². The smallest absolute Gasteiger partial charge is 0.366 e. The van der Waals surface area contributed by atoms with Crippen LogP contribution in [0, 0.1) is 12.3 Å².